The molecule has 0 radical (unpaired) electrons. The molecule has 0 amide bonds. The molecule has 1 aliphatic heterocycles. The van der Waals surface area contributed by atoms with Crippen molar-refractivity contribution in [1.82, 2.24) is 5.32 Å². The molecule has 1 aliphatic rings. The van der Waals surface area contributed by atoms with Gasteiger partial charge >= 0.3 is 5.97 Å². The number of phenols is 1. The van der Waals surface area contributed by atoms with Crippen molar-refractivity contribution in [3.63, 3.8) is 0 Å². The molecule has 1 saturated heterocycles. The van der Waals surface area contributed by atoms with Crippen molar-refractivity contribution in [2.24, 2.45) is 5.92 Å². The lowest BCUT2D eigenvalue weighted by Gasteiger charge is -2.13. The van der Waals surface area contributed by atoms with Gasteiger partial charge in [0.25, 0.3) is 0 Å². The third kappa shape index (κ3) is 2.08. The van der Waals surface area contributed by atoms with Crippen molar-refractivity contribution >= 4 is 5.97 Å². The number of benzene rings is 1. The fourth-order valence-electron chi connectivity index (χ4n) is 2.03. The lowest BCUT2D eigenvalue weighted by molar-refractivity contribution is -0.141. The van der Waals surface area contributed by atoms with Crippen LogP contribution in [0.3, 0.4) is 0 Å². The van der Waals surface area contributed by atoms with Gasteiger partial charge in [0.05, 0.1) is 5.92 Å². The zero-order valence-electron chi connectivity index (χ0n) is 8.78. The molecule has 17 heavy (non-hydrogen) atoms. The van der Waals surface area contributed by atoms with Crippen molar-refractivity contribution < 1.29 is 23.8 Å². The van der Waals surface area contributed by atoms with Gasteiger partial charge in [0.15, 0.2) is 11.6 Å². The van der Waals surface area contributed by atoms with Crippen LogP contribution in [0.1, 0.15) is 18.0 Å². The first-order chi connectivity index (χ1) is 8.00. The maximum atomic E-state index is 13.5. The van der Waals surface area contributed by atoms with E-state index in [1.807, 2.05) is 0 Å². The number of rotatable bonds is 2. The Balaban J connectivity index is 2.30. The Morgan fingerprint density at radius 3 is 2.71 bits per heavy atom. The second-order valence-corrected chi connectivity index (χ2v) is 4.03. The van der Waals surface area contributed by atoms with E-state index in [4.69, 9.17) is 5.11 Å². The molecule has 92 valence electrons. The first kappa shape index (κ1) is 11.8. The average Bonchev–Trinajstić information content (AvgIpc) is 2.73. The smallest absolute Gasteiger partial charge is 0.307 e. The molecule has 0 aromatic heterocycles. The maximum Gasteiger partial charge on any atom is 0.307 e. The predicted molar refractivity (Wildman–Crippen MR) is 54.5 cm³/mol. The monoisotopic (exact) mass is 243 g/mol. The number of nitrogens with one attached hydrogen (secondary N) is 1. The molecule has 0 aliphatic carbocycles. The van der Waals surface area contributed by atoms with Gasteiger partial charge in [-0.15, -0.1) is 0 Å². The number of hydrogen-bond donors (Lipinski definition) is 3. The van der Waals surface area contributed by atoms with Crippen molar-refractivity contribution in [3.8, 4) is 5.75 Å². The molecule has 0 saturated carbocycles. The molecular weight excluding hydrogens is 232 g/mol. The number of carboxylic acids is 1. The highest BCUT2D eigenvalue weighted by atomic mass is 19.2. The molecule has 2 unspecified atom stereocenters. The van der Waals surface area contributed by atoms with Crippen molar-refractivity contribution in [1.29, 1.82) is 0 Å². The Labute approximate surface area is 95.9 Å². The van der Waals surface area contributed by atoms with E-state index in [1.54, 1.807) is 0 Å². The summed E-state index contributed by atoms with van der Waals surface area (Å²) in [6.45, 7) is 0.176. The van der Waals surface area contributed by atoms with Crippen molar-refractivity contribution in [2.75, 3.05) is 6.54 Å². The molecule has 1 aromatic rings. The number of aromatic hydroxyl groups is 1. The number of halogens is 2. The standard InChI is InChI=1S/C11H11F2NO3/c12-6-1-2-8(15)9(10(6)13)7-3-5(4-14-7)11(16)17/h1-2,5,7,14-15H,3-4H2,(H,16,17). The summed E-state index contributed by atoms with van der Waals surface area (Å²) >= 11 is 0. The van der Waals surface area contributed by atoms with E-state index in [-0.39, 0.29) is 24.3 Å². The molecule has 1 aromatic carbocycles. The molecular formula is C11H11F2NO3. The van der Waals surface area contributed by atoms with Crippen LogP contribution in [0.2, 0.25) is 0 Å². The highest BCUT2D eigenvalue weighted by Crippen LogP contribution is 2.35. The van der Waals surface area contributed by atoms with Crippen LogP contribution in [-0.2, 0) is 4.79 Å². The molecule has 1 heterocycles. The van der Waals surface area contributed by atoms with Crippen LogP contribution in [0.15, 0.2) is 12.1 Å². The van der Waals surface area contributed by atoms with Gasteiger partial charge in [-0.3, -0.25) is 4.79 Å². The van der Waals surface area contributed by atoms with E-state index < -0.39 is 29.6 Å². The van der Waals surface area contributed by atoms with E-state index in [2.05, 4.69) is 5.32 Å². The minimum Gasteiger partial charge on any atom is -0.507 e. The molecule has 6 heteroatoms. The Bertz CT molecular complexity index is 464. The molecule has 1 fully saturated rings. The summed E-state index contributed by atoms with van der Waals surface area (Å²) in [6.07, 6.45) is 0.128. The van der Waals surface area contributed by atoms with Gasteiger partial charge in [-0.05, 0) is 18.6 Å². The Kier molecular flexibility index (Phi) is 2.97. The maximum absolute atomic E-state index is 13.5. The van der Waals surface area contributed by atoms with Gasteiger partial charge in [0.1, 0.15) is 5.75 Å². The second-order valence-electron chi connectivity index (χ2n) is 4.03. The Hall–Kier alpha value is -1.69. The van der Waals surface area contributed by atoms with Crippen LogP contribution >= 0.6 is 0 Å². The average molecular weight is 243 g/mol. The van der Waals surface area contributed by atoms with Crippen LogP contribution in [0.25, 0.3) is 0 Å². The van der Waals surface area contributed by atoms with E-state index >= 15 is 0 Å². The first-order valence-electron chi connectivity index (χ1n) is 5.13. The first-order valence-corrected chi connectivity index (χ1v) is 5.13. The van der Waals surface area contributed by atoms with Crippen molar-refractivity contribution in [3.05, 3.63) is 29.3 Å². The second kappa shape index (κ2) is 4.29. The minimum absolute atomic E-state index is 0.128. The van der Waals surface area contributed by atoms with Gasteiger partial charge in [0.2, 0.25) is 0 Å². The summed E-state index contributed by atoms with van der Waals surface area (Å²) in [4.78, 5) is 10.7. The van der Waals surface area contributed by atoms with Crippen molar-refractivity contribution in [2.45, 2.75) is 12.5 Å². The topological polar surface area (TPSA) is 69.6 Å². The number of carbonyl (C=O) groups is 1. The Morgan fingerprint density at radius 1 is 1.41 bits per heavy atom. The minimum atomic E-state index is -1.13. The van der Waals surface area contributed by atoms with Crippen LogP contribution in [0.4, 0.5) is 8.78 Å². The lowest BCUT2D eigenvalue weighted by atomic mass is 9.99. The summed E-state index contributed by atoms with van der Waals surface area (Å²) < 4.78 is 26.6. The molecule has 3 N–H and O–H groups in total. The summed E-state index contributed by atoms with van der Waals surface area (Å²) in [5.41, 5.74) is -0.200. The summed E-state index contributed by atoms with van der Waals surface area (Å²) in [6, 6.07) is 1.22. The zero-order chi connectivity index (χ0) is 12.6. The van der Waals surface area contributed by atoms with Crippen LogP contribution < -0.4 is 5.32 Å². The van der Waals surface area contributed by atoms with E-state index in [1.165, 1.54) is 0 Å². The highest BCUT2D eigenvalue weighted by molar-refractivity contribution is 5.71. The highest BCUT2D eigenvalue weighted by Gasteiger charge is 2.33. The largest absolute Gasteiger partial charge is 0.507 e. The summed E-state index contributed by atoms with van der Waals surface area (Å²) in [5.74, 6) is -4.20. The fraction of sp³-hybridized carbons (Fsp3) is 0.364. The van der Waals surface area contributed by atoms with Crippen LogP contribution in [0.5, 0.6) is 5.75 Å². The number of hydrogen-bond acceptors (Lipinski definition) is 3. The summed E-state index contributed by atoms with van der Waals surface area (Å²) in [5, 5.41) is 21.1. The van der Waals surface area contributed by atoms with Gasteiger partial charge in [-0.1, -0.05) is 0 Å². The third-order valence-electron chi connectivity index (χ3n) is 2.94. The molecule has 0 bridgehead atoms. The normalized spacial score (nSPS) is 23.9. The predicted octanol–water partition coefficient (Wildman–Crippen LogP) is 1.41. The van der Waals surface area contributed by atoms with Gasteiger partial charge < -0.3 is 15.5 Å². The number of aliphatic carboxylic acids is 1. The van der Waals surface area contributed by atoms with Gasteiger partial charge in [-0.25, -0.2) is 8.78 Å². The van der Waals surface area contributed by atoms with Gasteiger partial charge in [-0.2, -0.15) is 0 Å². The fourth-order valence-corrected chi connectivity index (χ4v) is 2.03. The van der Waals surface area contributed by atoms with Gasteiger partial charge in [0, 0.05) is 18.2 Å². The van der Waals surface area contributed by atoms with E-state index in [0.717, 1.165) is 12.1 Å². The lowest BCUT2D eigenvalue weighted by Crippen LogP contribution is -2.18. The molecule has 0 spiro atoms. The van der Waals surface area contributed by atoms with Crippen LogP contribution in [-0.4, -0.2) is 22.7 Å². The molecule has 2 rings (SSSR count). The third-order valence-corrected chi connectivity index (χ3v) is 2.94. The summed E-state index contributed by atoms with van der Waals surface area (Å²) in [7, 11) is 0. The SMILES string of the molecule is O=C(O)C1CNC(c2c(O)ccc(F)c2F)C1. The zero-order valence-corrected chi connectivity index (χ0v) is 8.78. The quantitative estimate of drug-likeness (QED) is 0.734. The number of phenolic OH excluding ortho intramolecular Hbond substituents is 1. The van der Waals surface area contributed by atoms with E-state index in [9.17, 15) is 18.7 Å². The molecule has 2 atom stereocenters. The van der Waals surface area contributed by atoms with Crippen LogP contribution in [0, 0.1) is 17.6 Å². The Morgan fingerprint density at radius 2 is 2.12 bits per heavy atom. The molecule has 4 nitrogen and oxygen atoms in total. The number of carboxylic acid groups (broad SMARTS) is 1. The van der Waals surface area contributed by atoms with E-state index in [0.29, 0.717) is 0 Å².